The van der Waals surface area contributed by atoms with Crippen molar-refractivity contribution in [1.82, 2.24) is 4.98 Å². The van der Waals surface area contributed by atoms with E-state index in [0.29, 0.717) is 23.8 Å². The predicted octanol–water partition coefficient (Wildman–Crippen LogP) is 1.11. The van der Waals surface area contributed by atoms with Gasteiger partial charge in [-0.05, 0) is 24.3 Å². The first-order valence-electron chi connectivity index (χ1n) is 3.40. The van der Waals surface area contributed by atoms with Crippen molar-refractivity contribution in [2.24, 2.45) is 0 Å². The third-order valence-electron chi connectivity index (χ3n) is 1.33. The van der Waals surface area contributed by atoms with Crippen LogP contribution in [0.3, 0.4) is 0 Å². The molecule has 12 heavy (non-hydrogen) atoms. The molecule has 0 bridgehead atoms. The zero-order chi connectivity index (χ0) is 8.81. The largest absolute Gasteiger partial charge is 0.299 e. The summed E-state index contributed by atoms with van der Waals surface area (Å²) in [6.45, 7) is 0. The third-order valence-corrected chi connectivity index (χ3v) is 1.33. The molecule has 0 aliphatic rings. The number of nitrogens with zero attached hydrogens (tertiary/aromatic N) is 1. The molecule has 0 amide bonds. The normalized spacial score (nSPS) is 10.0. The molecular weight excluding hydrogens is 154 g/mol. The first kappa shape index (κ1) is 8.33. The molecule has 3 heteroatoms. The zero-order valence-electron chi connectivity index (χ0n) is 6.31. The van der Waals surface area contributed by atoms with Gasteiger partial charge in [0.05, 0.1) is 5.69 Å². The monoisotopic (exact) mass is 161 g/mol. The van der Waals surface area contributed by atoms with Crippen molar-refractivity contribution < 1.29 is 9.59 Å². The number of carbonyl (C=O) groups excluding carboxylic acids is 2. The summed E-state index contributed by atoms with van der Waals surface area (Å²) < 4.78 is 0. The van der Waals surface area contributed by atoms with E-state index in [9.17, 15) is 9.59 Å². The van der Waals surface area contributed by atoms with E-state index in [0.717, 1.165) is 0 Å². The lowest BCUT2D eigenvalue weighted by molar-refractivity contribution is -0.104. The highest BCUT2D eigenvalue weighted by atomic mass is 16.1. The second-order valence-electron chi connectivity index (χ2n) is 2.09. The van der Waals surface area contributed by atoms with E-state index in [1.165, 1.54) is 12.2 Å². The summed E-state index contributed by atoms with van der Waals surface area (Å²) in [7, 11) is 0. The van der Waals surface area contributed by atoms with Gasteiger partial charge < -0.3 is 0 Å². The molecule has 0 unspecified atom stereocenters. The number of rotatable bonds is 3. The van der Waals surface area contributed by atoms with E-state index >= 15 is 0 Å². The molecule has 60 valence electrons. The first-order valence-corrected chi connectivity index (χ1v) is 3.40. The topological polar surface area (TPSA) is 47.0 Å². The number of hydrogen-bond donors (Lipinski definition) is 0. The second kappa shape index (κ2) is 4.18. The van der Waals surface area contributed by atoms with Gasteiger partial charge in [-0.1, -0.05) is 0 Å². The molecule has 0 aliphatic heterocycles. The van der Waals surface area contributed by atoms with Crippen molar-refractivity contribution >= 4 is 18.6 Å². The molecule has 1 heterocycles. The standard InChI is InChI=1S/C9H7NO2/c11-6-2-4-9-8(7-12)3-1-5-10-9/h1-7H. The lowest BCUT2D eigenvalue weighted by Gasteiger charge is -1.93. The molecule has 0 N–H and O–H groups in total. The maximum absolute atomic E-state index is 10.4. The van der Waals surface area contributed by atoms with Crippen LogP contribution in [0.25, 0.3) is 6.08 Å². The SMILES string of the molecule is O=CC=Cc1ncccc1C=O. The maximum atomic E-state index is 10.4. The van der Waals surface area contributed by atoms with Gasteiger partial charge in [0.25, 0.3) is 0 Å². The zero-order valence-corrected chi connectivity index (χ0v) is 6.31. The van der Waals surface area contributed by atoms with Gasteiger partial charge in [0, 0.05) is 11.8 Å². The van der Waals surface area contributed by atoms with E-state index in [4.69, 9.17) is 0 Å². The van der Waals surface area contributed by atoms with Gasteiger partial charge in [-0.3, -0.25) is 14.6 Å². The molecule has 1 rings (SSSR count). The minimum atomic E-state index is 0.482. The van der Waals surface area contributed by atoms with Crippen LogP contribution in [0.2, 0.25) is 0 Å². The van der Waals surface area contributed by atoms with E-state index in [1.54, 1.807) is 18.3 Å². The Morgan fingerprint density at radius 2 is 2.17 bits per heavy atom. The lowest BCUT2D eigenvalue weighted by Crippen LogP contribution is -1.88. The van der Waals surface area contributed by atoms with Gasteiger partial charge in [0.2, 0.25) is 0 Å². The van der Waals surface area contributed by atoms with Crippen molar-refractivity contribution in [2.45, 2.75) is 0 Å². The number of carbonyl (C=O) groups is 2. The molecule has 1 aromatic rings. The van der Waals surface area contributed by atoms with Gasteiger partial charge in [0.1, 0.15) is 6.29 Å². The van der Waals surface area contributed by atoms with Crippen LogP contribution in [0.1, 0.15) is 16.1 Å². The number of aldehydes is 2. The van der Waals surface area contributed by atoms with Crippen molar-refractivity contribution in [3.8, 4) is 0 Å². The molecule has 3 nitrogen and oxygen atoms in total. The number of pyridine rings is 1. The summed E-state index contributed by atoms with van der Waals surface area (Å²) in [5.41, 5.74) is 0.996. The van der Waals surface area contributed by atoms with E-state index < -0.39 is 0 Å². The Morgan fingerprint density at radius 1 is 1.33 bits per heavy atom. The highest BCUT2D eigenvalue weighted by molar-refractivity contribution is 5.83. The Labute approximate surface area is 69.7 Å². The highest BCUT2D eigenvalue weighted by Gasteiger charge is 1.95. The van der Waals surface area contributed by atoms with Crippen LogP contribution in [-0.4, -0.2) is 17.6 Å². The summed E-state index contributed by atoms with van der Waals surface area (Å²) >= 11 is 0. The van der Waals surface area contributed by atoms with Crippen LogP contribution < -0.4 is 0 Å². The average Bonchev–Trinajstić information content (AvgIpc) is 2.15. The molecule has 0 aliphatic carbocycles. The fraction of sp³-hybridized carbons (Fsp3) is 0. The predicted molar refractivity (Wildman–Crippen MR) is 44.7 cm³/mol. The second-order valence-corrected chi connectivity index (χ2v) is 2.09. The van der Waals surface area contributed by atoms with Crippen LogP contribution in [0, 0.1) is 0 Å². The van der Waals surface area contributed by atoms with Crippen molar-refractivity contribution in [3.05, 3.63) is 35.7 Å². The fourth-order valence-corrected chi connectivity index (χ4v) is 0.799. The molecule has 1 aromatic heterocycles. The molecule has 0 aromatic carbocycles. The van der Waals surface area contributed by atoms with Crippen molar-refractivity contribution in [3.63, 3.8) is 0 Å². The van der Waals surface area contributed by atoms with Crippen LogP contribution in [0.4, 0.5) is 0 Å². The molecular formula is C9H7NO2. The van der Waals surface area contributed by atoms with Gasteiger partial charge in [-0.2, -0.15) is 0 Å². The van der Waals surface area contributed by atoms with Crippen LogP contribution in [0.15, 0.2) is 24.4 Å². The Kier molecular flexibility index (Phi) is 2.90. The van der Waals surface area contributed by atoms with Crippen LogP contribution >= 0.6 is 0 Å². The quantitative estimate of drug-likeness (QED) is 0.492. The van der Waals surface area contributed by atoms with Crippen molar-refractivity contribution in [1.29, 1.82) is 0 Å². The van der Waals surface area contributed by atoms with Crippen LogP contribution in [-0.2, 0) is 4.79 Å². The fourth-order valence-electron chi connectivity index (χ4n) is 0.799. The minimum Gasteiger partial charge on any atom is -0.299 e. The van der Waals surface area contributed by atoms with Gasteiger partial charge in [-0.15, -0.1) is 0 Å². The summed E-state index contributed by atoms with van der Waals surface area (Å²) in [6.07, 6.45) is 5.71. The van der Waals surface area contributed by atoms with Crippen molar-refractivity contribution in [2.75, 3.05) is 0 Å². The van der Waals surface area contributed by atoms with E-state index in [1.807, 2.05) is 0 Å². The number of aromatic nitrogens is 1. The Balaban J connectivity index is 3.04. The molecule has 0 atom stereocenters. The van der Waals surface area contributed by atoms with Gasteiger partial charge in [-0.25, -0.2) is 0 Å². The lowest BCUT2D eigenvalue weighted by atomic mass is 10.2. The highest BCUT2D eigenvalue weighted by Crippen LogP contribution is 2.03. The summed E-state index contributed by atoms with van der Waals surface area (Å²) in [6, 6.07) is 3.31. The Hall–Kier alpha value is -1.77. The maximum Gasteiger partial charge on any atom is 0.152 e. The minimum absolute atomic E-state index is 0.482. The number of hydrogen-bond acceptors (Lipinski definition) is 3. The Bertz CT molecular complexity index is 318. The average molecular weight is 161 g/mol. The molecule has 0 spiro atoms. The smallest absolute Gasteiger partial charge is 0.152 e. The van der Waals surface area contributed by atoms with Gasteiger partial charge >= 0.3 is 0 Å². The Morgan fingerprint density at radius 3 is 2.83 bits per heavy atom. The van der Waals surface area contributed by atoms with Gasteiger partial charge in [0.15, 0.2) is 6.29 Å². The molecule has 0 fully saturated rings. The van der Waals surface area contributed by atoms with Crippen LogP contribution in [0.5, 0.6) is 0 Å². The summed E-state index contributed by atoms with van der Waals surface area (Å²) in [5.74, 6) is 0. The molecule has 0 saturated heterocycles. The van der Waals surface area contributed by atoms with E-state index in [2.05, 4.69) is 4.98 Å². The summed E-state index contributed by atoms with van der Waals surface area (Å²) in [4.78, 5) is 24.3. The number of allylic oxidation sites excluding steroid dienone is 1. The summed E-state index contributed by atoms with van der Waals surface area (Å²) in [5, 5.41) is 0. The van der Waals surface area contributed by atoms with E-state index in [-0.39, 0.29) is 0 Å². The molecule has 0 radical (unpaired) electrons. The molecule has 0 saturated carbocycles. The third kappa shape index (κ3) is 1.85. The first-order chi connectivity index (χ1) is 5.88.